The molecule has 0 saturated carbocycles. The van der Waals surface area contributed by atoms with Gasteiger partial charge in [0.1, 0.15) is 6.42 Å². The molecule has 0 fully saturated rings. The van der Waals surface area contributed by atoms with Crippen LogP contribution in [-0.4, -0.2) is 31.3 Å². The molecule has 0 aromatic carbocycles. The fourth-order valence-corrected chi connectivity index (χ4v) is 0.967. The van der Waals surface area contributed by atoms with Crippen LogP contribution in [0, 0.1) is 0 Å². The Morgan fingerprint density at radius 2 is 2.38 bits per heavy atom. The minimum absolute atomic E-state index is 0.114. The highest BCUT2D eigenvalue weighted by molar-refractivity contribution is 5.68. The van der Waals surface area contributed by atoms with Gasteiger partial charge in [-0.3, -0.25) is 4.79 Å². The molecule has 1 N–H and O–H groups in total. The van der Waals surface area contributed by atoms with E-state index in [-0.39, 0.29) is 6.42 Å². The minimum atomic E-state index is -0.910. The van der Waals surface area contributed by atoms with Crippen molar-refractivity contribution < 1.29 is 9.90 Å². The Bertz CT molecular complexity index is 284. The molecule has 1 aromatic rings. The van der Waals surface area contributed by atoms with E-state index in [1.54, 1.807) is 0 Å². The number of rotatable bonds is 5. The van der Waals surface area contributed by atoms with Crippen LogP contribution in [0.5, 0.6) is 0 Å². The topological polar surface area (TPSA) is 80.9 Å². The van der Waals surface area contributed by atoms with Gasteiger partial charge in [0.2, 0.25) is 0 Å². The molecular formula is C7H12N4O2. The van der Waals surface area contributed by atoms with Crippen LogP contribution in [0.3, 0.4) is 0 Å². The molecule has 0 saturated heterocycles. The summed E-state index contributed by atoms with van der Waals surface area (Å²) in [7, 11) is 0. The number of carbonyl (C=O) groups is 1. The van der Waals surface area contributed by atoms with Crippen LogP contribution in [0.25, 0.3) is 0 Å². The van der Waals surface area contributed by atoms with Crippen LogP contribution in [0.2, 0.25) is 0 Å². The van der Waals surface area contributed by atoms with Crippen LogP contribution in [-0.2, 0) is 17.8 Å². The van der Waals surface area contributed by atoms with Gasteiger partial charge >= 0.3 is 5.97 Å². The SMILES string of the molecule is CCCCn1nnnc1CC(=O)O. The number of nitrogens with zero attached hydrogens (tertiary/aromatic N) is 4. The normalized spacial score (nSPS) is 10.2. The van der Waals surface area contributed by atoms with Crippen LogP contribution < -0.4 is 0 Å². The average molecular weight is 184 g/mol. The van der Waals surface area contributed by atoms with Crippen molar-refractivity contribution in [1.29, 1.82) is 0 Å². The molecule has 1 aromatic heterocycles. The first kappa shape index (κ1) is 9.63. The second-order valence-electron chi connectivity index (χ2n) is 2.74. The number of tetrazole rings is 1. The summed E-state index contributed by atoms with van der Waals surface area (Å²) in [6.07, 6.45) is 1.88. The summed E-state index contributed by atoms with van der Waals surface area (Å²) < 4.78 is 1.54. The van der Waals surface area contributed by atoms with E-state index in [4.69, 9.17) is 5.11 Å². The number of aryl methyl sites for hydroxylation is 1. The van der Waals surface area contributed by atoms with Crippen LogP contribution in [0.1, 0.15) is 25.6 Å². The van der Waals surface area contributed by atoms with E-state index in [1.165, 1.54) is 4.68 Å². The Morgan fingerprint density at radius 3 is 3.00 bits per heavy atom. The molecule has 0 aliphatic carbocycles. The Balaban J connectivity index is 2.60. The molecule has 72 valence electrons. The number of carboxylic acids is 1. The summed E-state index contributed by atoms with van der Waals surface area (Å²) in [5.74, 6) is -0.492. The highest BCUT2D eigenvalue weighted by Crippen LogP contribution is 1.97. The summed E-state index contributed by atoms with van der Waals surface area (Å²) in [5.41, 5.74) is 0. The first-order valence-corrected chi connectivity index (χ1v) is 4.21. The smallest absolute Gasteiger partial charge is 0.311 e. The molecule has 0 bridgehead atoms. The van der Waals surface area contributed by atoms with Crippen molar-refractivity contribution in [1.82, 2.24) is 20.2 Å². The molecule has 0 radical (unpaired) electrons. The second kappa shape index (κ2) is 4.54. The van der Waals surface area contributed by atoms with Gasteiger partial charge in [0.25, 0.3) is 0 Å². The first-order chi connectivity index (χ1) is 6.24. The van der Waals surface area contributed by atoms with Crippen molar-refractivity contribution >= 4 is 5.97 Å². The summed E-state index contributed by atoms with van der Waals surface area (Å²) in [6, 6.07) is 0. The average Bonchev–Trinajstić information content (AvgIpc) is 2.48. The van der Waals surface area contributed by atoms with Gasteiger partial charge in [0.15, 0.2) is 5.82 Å². The summed E-state index contributed by atoms with van der Waals surface area (Å²) in [4.78, 5) is 10.4. The molecular weight excluding hydrogens is 172 g/mol. The molecule has 1 heterocycles. The van der Waals surface area contributed by atoms with Crippen molar-refractivity contribution in [3.63, 3.8) is 0 Å². The lowest BCUT2D eigenvalue weighted by atomic mass is 10.3. The van der Waals surface area contributed by atoms with Crippen molar-refractivity contribution in [3.05, 3.63) is 5.82 Å². The number of unbranched alkanes of at least 4 members (excludes halogenated alkanes) is 1. The van der Waals surface area contributed by atoms with E-state index < -0.39 is 5.97 Å². The highest BCUT2D eigenvalue weighted by atomic mass is 16.4. The molecule has 0 aliphatic heterocycles. The van der Waals surface area contributed by atoms with Gasteiger partial charge in [-0.05, 0) is 16.8 Å². The molecule has 1 rings (SSSR count). The number of carboxylic acid groups (broad SMARTS) is 1. The van der Waals surface area contributed by atoms with Gasteiger partial charge in [-0.1, -0.05) is 13.3 Å². The molecule has 0 spiro atoms. The summed E-state index contributed by atoms with van der Waals surface area (Å²) >= 11 is 0. The van der Waals surface area contributed by atoms with Crippen molar-refractivity contribution in [2.75, 3.05) is 0 Å². The number of aromatic nitrogens is 4. The standard InChI is InChI=1S/C7H12N4O2/c1-2-3-4-11-6(5-7(12)13)8-9-10-11/h2-5H2,1H3,(H,12,13). The van der Waals surface area contributed by atoms with Gasteiger partial charge in [-0.25, -0.2) is 4.68 Å². The quantitative estimate of drug-likeness (QED) is 0.701. The summed E-state index contributed by atoms with van der Waals surface area (Å²) in [6.45, 7) is 2.74. The fraction of sp³-hybridized carbons (Fsp3) is 0.714. The van der Waals surface area contributed by atoms with E-state index in [2.05, 4.69) is 22.4 Å². The van der Waals surface area contributed by atoms with Crippen LogP contribution in [0.4, 0.5) is 0 Å². The monoisotopic (exact) mass is 184 g/mol. The molecule has 0 aliphatic rings. The molecule has 0 atom stereocenters. The zero-order chi connectivity index (χ0) is 9.68. The Morgan fingerprint density at radius 1 is 1.62 bits per heavy atom. The van der Waals surface area contributed by atoms with Gasteiger partial charge < -0.3 is 5.11 Å². The molecule has 0 amide bonds. The van der Waals surface area contributed by atoms with Gasteiger partial charge in [0.05, 0.1) is 0 Å². The van der Waals surface area contributed by atoms with Gasteiger partial charge in [-0.2, -0.15) is 0 Å². The maximum absolute atomic E-state index is 10.4. The van der Waals surface area contributed by atoms with Crippen molar-refractivity contribution in [3.8, 4) is 0 Å². The van der Waals surface area contributed by atoms with E-state index in [1.807, 2.05) is 0 Å². The molecule has 13 heavy (non-hydrogen) atoms. The number of hydrogen-bond acceptors (Lipinski definition) is 4. The van der Waals surface area contributed by atoms with Gasteiger partial charge in [0, 0.05) is 6.54 Å². The largest absolute Gasteiger partial charge is 0.481 e. The highest BCUT2D eigenvalue weighted by Gasteiger charge is 2.08. The first-order valence-electron chi connectivity index (χ1n) is 4.21. The predicted molar refractivity (Wildman–Crippen MR) is 44.1 cm³/mol. The van der Waals surface area contributed by atoms with Crippen molar-refractivity contribution in [2.24, 2.45) is 0 Å². The lowest BCUT2D eigenvalue weighted by Crippen LogP contribution is -2.10. The molecule has 6 heteroatoms. The molecule has 6 nitrogen and oxygen atoms in total. The van der Waals surface area contributed by atoms with E-state index in [0.717, 1.165) is 12.8 Å². The van der Waals surface area contributed by atoms with E-state index >= 15 is 0 Å². The third-order valence-electron chi connectivity index (χ3n) is 1.64. The van der Waals surface area contributed by atoms with Crippen molar-refractivity contribution in [2.45, 2.75) is 32.7 Å². The Hall–Kier alpha value is -1.46. The second-order valence-corrected chi connectivity index (χ2v) is 2.74. The molecule has 0 unspecified atom stereocenters. The maximum atomic E-state index is 10.4. The van der Waals surface area contributed by atoms with Crippen LogP contribution in [0.15, 0.2) is 0 Å². The minimum Gasteiger partial charge on any atom is -0.481 e. The summed E-state index contributed by atoms with van der Waals surface area (Å²) in [5, 5.41) is 19.3. The third kappa shape index (κ3) is 2.81. The number of hydrogen-bond donors (Lipinski definition) is 1. The lowest BCUT2D eigenvalue weighted by molar-refractivity contribution is -0.136. The fourth-order valence-electron chi connectivity index (χ4n) is 0.967. The maximum Gasteiger partial charge on any atom is 0.311 e. The van der Waals surface area contributed by atoms with E-state index in [0.29, 0.717) is 12.4 Å². The Kier molecular flexibility index (Phi) is 3.36. The number of aliphatic carboxylic acids is 1. The third-order valence-corrected chi connectivity index (χ3v) is 1.64. The van der Waals surface area contributed by atoms with Crippen LogP contribution >= 0.6 is 0 Å². The van der Waals surface area contributed by atoms with Gasteiger partial charge in [-0.15, -0.1) is 5.10 Å². The van der Waals surface area contributed by atoms with E-state index in [9.17, 15) is 4.79 Å². The Labute approximate surface area is 75.6 Å². The lowest BCUT2D eigenvalue weighted by Gasteiger charge is -2.00. The zero-order valence-electron chi connectivity index (χ0n) is 7.47. The predicted octanol–water partition coefficient (Wildman–Crippen LogP) is 0.100. The zero-order valence-corrected chi connectivity index (χ0v) is 7.47.